The van der Waals surface area contributed by atoms with E-state index in [4.69, 9.17) is 21.6 Å². The molecule has 1 heterocycles. The molecule has 1 aromatic heterocycles. The molecule has 0 spiro atoms. The van der Waals surface area contributed by atoms with E-state index in [1.54, 1.807) is 30.1 Å². The van der Waals surface area contributed by atoms with Crippen LogP contribution in [-0.2, 0) is 6.42 Å². The summed E-state index contributed by atoms with van der Waals surface area (Å²) >= 11 is 6.08. The minimum Gasteiger partial charge on any atom is -0.495 e. The summed E-state index contributed by atoms with van der Waals surface area (Å²) in [6.45, 7) is 1.99. The van der Waals surface area contributed by atoms with Crippen molar-refractivity contribution in [3.8, 4) is 17.5 Å². The van der Waals surface area contributed by atoms with Gasteiger partial charge in [0.1, 0.15) is 11.8 Å². The lowest BCUT2D eigenvalue weighted by molar-refractivity contribution is 0.415. The summed E-state index contributed by atoms with van der Waals surface area (Å²) in [7, 11) is 1.57. The van der Waals surface area contributed by atoms with Crippen LogP contribution in [0, 0.1) is 11.3 Å². The van der Waals surface area contributed by atoms with Gasteiger partial charge in [-0.2, -0.15) is 10.4 Å². The summed E-state index contributed by atoms with van der Waals surface area (Å²) in [5.74, 6) is 0.617. The van der Waals surface area contributed by atoms with Gasteiger partial charge in [0.05, 0.1) is 35.3 Å². The SMILES string of the molecule is CCc1c(C#N)cnn1-c1ccc(OC)c(Cl)c1. The summed E-state index contributed by atoms with van der Waals surface area (Å²) in [6.07, 6.45) is 2.30. The molecule has 0 radical (unpaired) electrons. The Hall–Kier alpha value is -1.99. The summed E-state index contributed by atoms with van der Waals surface area (Å²) in [5.41, 5.74) is 2.28. The van der Waals surface area contributed by atoms with Crippen LogP contribution in [0.5, 0.6) is 5.75 Å². The van der Waals surface area contributed by atoms with Crippen LogP contribution in [0.1, 0.15) is 18.2 Å². The van der Waals surface area contributed by atoms with Crippen molar-refractivity contribution in [1.82, 2.24) is 9.78 Å². The Morgan fingerprint density at radius 1 is 1.50 bits per heavy atom. The molecule has 0 aliphatic heterocycles. The number of methoxy groups -OCH3 is 1. The molecular weight excluding hydrogens is 250 g/mol. The van der Waals surface area contributed by atoms with Crippen molar-refractivity contribution in [3.05, 3.63) is 40.7 Å². The quantitative estimate of drug-likeness (QED) is 0.853. The third-order valence-corrected chi connectivity index (χ3v) is 3.00. The fraction of sp³-hybridized carbons (Fsp3) is 0.231. The Labute approximate surface area is 110 Å². The van der Waals surface area contributed by atoms with Gasteiger partial charge in [-0.1, -0.05) is 18.5 Å². The highest BCUT2D eigenvalue weighted by Crippen LogP contribution is 2.27. The van der Waals surface area contributed by atoms with Gasteiger partial charge in [-0.05, 0) is 24.6 Å². The van der Waals surface area contributed by atoms with Gasteiger partial charge in [-0.3, -0.25) is 0 Å². The summed E-state index contributed by atoms with van der Waals surface area (Å²) in [5, 5.41) is 13.7. The molecule has 0 unspecified atom stereocenters. The Kier molecular flexibility index (Phi) is 3.54. The first-order valence-corrected chi connectivity index (χ1v) is 5.90. The van der Waals surface area contributed by atoms with E-state index < -0.39 is 0 Å². The molecule has 92 valence electrons. The van der Waals surface area contributed by atoms with Crippen molar-refractivity contribution >= 4 is 11.6 Å². The molecule has 0 aliphatic rings. The van der Waals surface area contributed by atoms with Crippen molar-refractivity contribution in [3.63, 3.8) is 0 Å². The molecular formula is C13H12ClN3O. The first-order chi connectivity index (χ1) is 8.71. The molecule has 0 saturated heterocycles. The highest BCUT2D eigenvalue weighted by Gasteiger charge is 2.11. The Morgan fingerprint density at radius 3 is 2.83 bits per heavy atom. The van der Waals surface area contributed by atoms with Crippen LogP contribution in [0.15, 0.2) is 24.4 Å². The molecule has 5 heteroatoms. The van der Waals surface area contributed by atoms with Crippen LogP contribution in [0.4, 0.5) is 0 Å². The topological polar surface area (TPSA) is 50.8 Å². The van der Waals surface area contributed by atoms with E-state index in [2.05, 4.69) is 11.2 Å². The van der Waals surface area contributed by atoms with Crippen molar-refractivity contribution in [2.45, 2.75) is 13.3 Å². The number of halogens is 1. The second-order valence-corrected chi connectivity index (χ2v) is 4.11. The fourth-order valence-corrected chi connectivity index (χ4v) is 2.07. The van der Waals surface area contributed by atoms with Gasteiger partial charge in [0, 0.05) is 0 Å². The molecule has 0 atom stereocenters. The van der Waals surface area contributed by atoms with Crippen LogP contribution >= 0.6 is 11.6 Å². The largest absolute Gasteiger partial charge is 0.495 e. The fourth-order valence-electron chi connectivity index (χ4n) is 1.82. The predicted molar refractivity (Wildman–Crippen MR) is 69.2 cm³/mol. The number of benzene rings is 1. The van der Waals surface area contributed by atoms with Crippen LogP contribution in [0.25, 0.3) is 5.69 Å². The van der Waals surface area contributed by atoms with Gasteiger partial charge < -0.3 is 4.74 Å². The summed E-state index contributed by atoms with van der Waals surface area (Å²) in [6, 6.07) is 7.55. The standard InChI is InChI=1S/C13H12ClN3O/c1-3-12-9(7-15)8-16-17(12)10-4-5-13(18-2)11(14)6-10/h4-6,8H,3H2,1-2H3. The zero-order valence-corrected chi connectivity index (χ0v) is 10.9. The average molecular weight is 262 g/mol. The van der Waals surface area contributed by atoms with E-state index in [-0.39, 0.29) is 0 Å². The molecule has 0 aliphatic carbocycles. The highest BCUT2D eigenvalue weighted by molar-refractivity contribution is 6.32. The molecule has 0 N–H and O–H groups in total. The minimum absolute atomic E-state index is 0.520. The number of hydrogen-bond acceptors (Lipinski definition) is 3. The zero-order valence-electron chi connectivity index (χ0n) is 10.1. The maximum absolute atomic E-state index is 9.00. The lowest BCUT2D eigenvalue weighted by Crippen LogP contribution is -2.02. The highest BCUT2D eigenvalue weighted by atomic mass is 35.5. The molecule has 2 aromatic rings. The van der Waals surface area contributed by atoms with E-state index in [0.29, 0.717) is 16.3 Å². The second kappa shape index (κ2) is 5.11. The Morgan fingerprint density at radius 2 is 2.28 bits per heavy atom. The van der Waals surface area contributed by atoms with Gasteiger partial charge in [-0.15, -0.1) is 0 Å². The number of hydrogen-bond donors (Lipinski definition) is 0. The monoisotopic (exact) mass is 261 g/mol. The van der Waals surface area contributed by atoms with E-state index in [1.165, 1.54) is 0 Å². The van der Waals surface area contributed by atoms with Crippen molar-refractivity contribution in [2.24, 2.45) is 0 Å². The van der Waals surface area contributed by atoms with Gasteiger partial charge in [0.2, 0.25) is 0 Å². The lowest BCUT2D eigenvalue weighted by atomic mass is 10.2. The molecule has 0 saturated carbocycles. The summed E-state index contributed by atoms with van der Waals surface area (Å²) in [4.78, 5) is 0. The maximum Gasteiger partial charge on any atom is 0.137 e. The van der Waals surface area contributed by atoms with Gasteiger partial charge in [0.25, 0.3) is 0 Å². The van der Waals surface area contributed by atoms with E-state index in [1.807, 2.05) is 13.0 Å². The van der Waals surface area contributed by atoms with Gasteiger partial charge >= 0.3 is 0 Å². The third-order valence-electron chi connectivity index (χ3n) is 2.70. The smallest absolute Gasteiger partial charge is 0.137 e. The zero-order chi connectivity index (χ0) is 13.1. The second-order valence-electron chi connectivity index (χ2n) is 3.70. The van der Waals surface area contributed by atoms with E-state index in [9.17, 15) is 0 Å². The molecule has 1 aromatic carbocycles. The first-order valence-electron chi connectivity index (χ1n) is 5.52. The number of rotatable bonds is 3. The molecule has 2 rings (SSSR count). The molecule has 0 bridgehead atoms. The average Bonchev–Trinajstić information content (AvgIpc) is 2.81. The predicted octanol–water partition coefficient (Wildman–Crippen LogP) is 2.97. The van der Waals surface area contributed by atoms with Crippen LogP contribution < -0.4 is 4.74 Å². The van der Waals surface area contributed by atoms with Crippen molar-refractivity contribution in [1.29, 1.82) is 5.26 Å². The number of ether oxygens (including phenoxy) is 1. The lowest BCUT2D eigenvalue weighted by Gasteiger charge is -2.08. The number of nitriles is 1. The van der Waals surface area contributed by atoms with Gasteiger partial charge in [-0.25, -0.2) is 4.68 Å². The maximum atomic E-state index is 9.00. The van der Waals surface area contributed by atoms with Crippen molar-refractivity contribution in [2.75, 3.05) is 7.11 Å². The molecule has 4 nitrogen and oxygen atoms in total. The third kappa shape index (κ3) is 2.05. The van der Waals surface area contributed by atoms with E-state index >= 15 is 0 Å². The molecule has 0 amide bonds. The van der Waals surface area contributed by atoms with E-state index in [0.717, 1.165) is 17.8 Å². The van der Waals surface area contributed by atoms with Crippen molar-refractivity contribution < 1.29 is 4.74 Å². The normalized spacial score (nSPS) is 10.1. The number of nitrogens with zero attached hydrogens (tertiary/aromatic N) is 3. The van der Waals surface area contributed by atoms with Gasteiger partial charge in [0.15, 0.2) is 0 Å². The van der Waals surface area contributed by atoms with Crippen LogP contribution in [0.2, 0.25) is 5.02 Å². The van der Waals surface area contributed by atoms with Crippen LogP contribution in [0.3, 0.4) is 0 Å². The first kappa shape index (κ1) is 12.5. The molecule has 0 fully saturated rings. The van der Waals surface area contributed by atoms with Crippen LogP contribution in [-0.4, -0.2) is 16.9 Å². The Balaban J connectivity index is 2.53. The molecule has 18 heavy (non-hydrogen) atoms. The Bertz CT molecular complexity index is 613. The number of aromatic nitrogens is 2. The summed E-state index contributed by atoms with van der Waals surface area (Å²) < 4.78 is 6.83. The minimum atomic E-state index is 0.520.